The molecule has 0 bridgehead atoms. The van der Waals surface area contributed by atoms with Gasteiger partial charge in [-0.3, -0.25) is 4.90 Å². The summed E-state index contributed by atoms with van der Waals surface area (Å²) in [6.07, 6.45) is -4.12. The van der Waals surface area contributed by atoms with Gasteiger partial charge in [0.2, 0.25) is 5.88 Å². The standard InChI is InChI=1S/C27H27F5N6O3S/c1-38-10-14(39-2)7-12(38)11-40-26-36-21-16(24(37-26)41-13-5-6-34-9-13)8-17(27(30,31)32)19(20(21)29)15-3-4-18(28)23-22(15)35-25(33)42-23/h3-4,8,12-14,34H,5-7,9-11H2,1-2H3,(H2,33,35)/t12-,13+,14+/m0/s1. The number of likely N-dealkylation sites (N-methyl/N-ethyl adjacent to an activating group) is 1. The summed E-state index contributed by atoms with van der Waals surface area (Å²) in [6.45, 7) is 1.92. The lowest BCUT2D eigenvalue weighted by molar-refractivity contribution is -0.137. The third-order valence-electron chi connectivity index (χ3n) is 7.64. The number of aromatic nitrogens is 3. The monoisotopic (exact) mass is 610 g/mol. The highest BCUT2D eigenvalue weighted by Crippen LogP contribution is 2.46. The molecule has 3 N–H and O–H groups in total. The third-order valence-corrected chi connectivity index (χ3v) is 8.54. The summed E-state index contributed by atoms with van der Waals surface area (Å²) in [4.78, 5) is 14.5. The number of hydrogen-bond donors (Lipinski definition) is 2. The van der Waals surface area contributed by atoms with Crippen molar-refractivity contribution < 1.29 is 36.2 Å². The van der Waals surface area contributed by atoms with Crippen molar-refractivity contribution in [3.8, 4) is 23.0 Å². The Morgan fingerprint density at radius 3 is 2.64 bits per heavy atom. The Balaban J connectivity index is 1.52. The van der Waals surface area contributed by atoms with E-state index in [1.54, 1.807) is 7.11 Å². The van der Waals surface area contributed by atoms with Crippen LogP contribution in [0.4, 0.5) is 27.1 Å². The number of rotatable bonds is 7. The van der Waals surface area contributed by atoms with E-state index in [0.29, 0.717) is 32.5 Å². The van der Waals surface area contributed by atoms with Crippen molar-refractivity contribution in [2.45, 2.75) is 37.3 Å². The Kier molecular flexibility index (Phi) is 7.53. The molecule has 2 fully saturated rings. The molecule has 4 aromatic rings. The maximum atomic E-state index is 16.5. The zero-order valence-electron chi connectivity index (χ0n) is 22.6. The van der Waals surface area contributed by atoms with Crippen molar-refractivity contribution >= 4 is 37.6 Å². The van der Waals surface area contributed by atoms with Crippen LogP contribution in [0.5, 0.6) is 11.9 Å². The van der Waals surface area contributed by atoms with Gasteiger partial charge in [-0.05, 0) is 44.6 Å². The summed E-state index contributed by atoms with van der Waals surface area (Å²) < 4.78 is 91.7. The molecule has 4 heterocycles. The van der Waals surface area contributed by atoms with Gasteiger partial charge in [0, 0.05) is 37.4 Å². The van der Waals surface area contributed by atoms with Crippen LogP contribution >= 0.6 is 11.3 Å². The van der Waals surface area contributed by atoms with Gasteiger partial charge in [0.25, 0.3) is 0 Å². The van der Waals surface area contributed by atoms with Gasteiger partial charge < -0.3 is 25.3 Å². The molecule has 0 spiro atoms. The summed E-state index contributed by atoms with van der Waals surface area (Å²) in [5, 5.41) is 2.78. The predicted octanol–water partition coefficient (Wildman–Crippen LogP) is 4.62. The molecule has 224 valence electrons. The summed E-state index contributed by atoms with van der Waals surface area (Å²) >= 11 is 0.757. The van der Waals surface area contributed by atoms with Crippen molar-refractivity contribution in [1.82, 2.24) is 25.2 Å². The molecule has 42 heavy (non-hydrogen) atoms. The van der Waals surface area contributed by atoms with Gasteiger partial charge in [-0.1, -0.05) is 11.3 Å². The van der Waals surface area contributed by atoms with Crippen LogP contribution in [0.25, 0.3) is 32.2 Å². The third kappa shape index (κ3) is 5.29. The highest BCUT2D eigenvalue weighted by atomic mass is 32.1. The van der Waals surface area contributed by atoms with Gasteiger partial charge in [-0.15, -0.1) is 0 Å². The number of fused-ring (bicyclic) bond motifs is 2. The first-order valence-electron chi connectivity index (χ1n) is 13.2. The van der Waals surface area contributed by atoms with E-state index in [4.69, 9.17) is 19.9 Å². The van der Waals surface area contributed by atoms with E-state index in [-0.39, 0.29) is 56.9 Å². The second kappa shape index (κ2) is 11.0. The maximum Gasteiger partial charge on any atom is 0.417 e. The molecule has 15 heteroatoms. The van der Waals surface area contributed by atoms with Gasteiger partial charge in [0.15, 0.2) is 10.9 Å². The average Bonchev–Trinajstić information content (AvgIpc) is 3.68. The summed E-state index contributed by atoms with van der Waals surface area (Å²) in [7, 11) is 3.54. The number of nitrogens with zero attached hydrogens (tertiary/aromatic N) is 4. The van der Waals surface area contributed by atoms with Crippen LogP contribution < -0.4 is 20.5 Å². The molecule has 2 aromatic heterocycles. The van der Waals surface area contributed by atoms with Gasteiger partial charge in [0.1, 0.15) is 24.0 Å². The highest BCUT2D eigenvalue weighted by Gasteiger charge is 2.38. The van der Waals surface area contributed by atoms with E-state index in [0.717, 1.165) is 29.5 Å². The number of halogens is 5. The first-order chi connectivity index (χ1) is 20.0. The van der Waals surface area contributed by atoms with E-state index >= 15 is 4.39 Å². The van der Waals surface area contributed by atoms with Crippen LogP contribution in [-0.2, 0) is 10.9 Å². The first-order valence-corrected chi connectivity index (χ1v) is 14.0. The predicted molar refractivity (Wildman–Crippen MR) is 147 cm³/mol. The van der Waals surface area contributed by atoms with Crippen molar-refractivity contribution in [3.63, 3.8) is 0 Å². The van der Waals surface area contributed by atoms with Gasteiger partial charge >= 0.3 is 12.2 Å². The van der Waals surface area contributed by atoms with E-state index in [1.807, 2.05) is 11.9 Å². The number of nitrogens with one attached hydrogen (secondary N) is 1. The number of anilines is 1. The smallest absolute Gasteiger partial charge is 0.417 e. The zero-order valence-corrected chi connectivity index (χ0v) is 23.4. The molecule has 2 aromatic carbocycles. The van der Waals surface area contributed by atoms with Gasteiger partial charge in [0.05, 0.1) is 27.3 Å². The molecule has 0 radical (unpaired) electrons. The number of alkyl halides is 3. The molecule has 6 rings (SSSR count). The maximum absolute atomic E-state index is 16.5. The minimum absolute atomic E-state index is 0.0166. The van der Waals surface area contributed by atoms with Gasteiger partial charge in [-0.2, -0.15) is 23.1 Å². The molecule has 2 saturated heterocycles. The Morgan fingerprint density at radius 2 is 1.95 bits per heavy atom. The number of likely N-dealkylation sites (tertiary alicyclic amines) is 1. The number of methoxy groups -OCH3 is 1. The quantitative estimate of drug-likeness (QED) is 0.290. The topological polar surface area (TPSA) is 108 Å². The molecule has 3 atom stereocenters. The number of nitrogen functional groups attached to an aromatic ring is 1. The fraction of sp³-hybridized carbons (Fsp3) is 0.444. The summed E-state index contributed by atoms with van der Waals surface area (Å²) in [5.74, 6) is -2.25. The first kappa shape index (κ1) is 28.7. The number of thiazole rings is 1. The molecular formula is C27H27F5N6O3S. The molecule has 9 nitrogen and oxygen atoms in total. The number of hydrogen-bond acceptors (Lipinski definition) is 10. The Hall–Kier alpha value is -3.40. The molecule has 2 aliphatic rings. The Bertz CT molecular complexity index is 1640. The fourth-order valence-corrected chi connectivity index (χ4v) is 6.23. The lowest BCUT2D eigenvalue weighted by Gasteiger charge is -2.21. The summed E-state index contributed by atoms with van der Waals surface area (Å²) in [5.41, 5.74) is 2.72. The zero-order chi connectivity index (χ0) is 29.8. The van der Waals surface area contributed by atoms with Crippen molar-refractivity contribution in [1.29, 1.82) is 0 Å². The van der Waals surface area contributed by atoms with Crippen LogP contribution in [-0.4, -0.2) is 78.5 Å². The molecule has 0 aliphatic carbocycles. The summed E-state index contributed by atoms with van der Waals surface area (Å²) in [6, 6.07) is 2.48. The normalized spacial score (nSPS) is 21.5. The molecular weight excluding hydrogens is 583 g/mol. The van der Waals surface area contributed by atoms with Crippen LogP contribution in [0.1, 0.15) is 18.4 Å². The van der Waals surface area contributed by atoms with Gasteiger partial charge in [-0.25, -0.2) is 13.8 Å². The SMILES string of the molecule is CO[C@@H]1C[C@@H](COc2nc(O[C@@H]3CCNC3)c3cc(C(F)(F)F)c(-c4ccc(F)c5sc(N)nc45)c(F)c3n2)N(C)C1. The van der Waals surface area contributed by atoms with Crippen LogP contribution in [0.3, 0.4) is 0 Å². The lowest BCUT2D eigenvalue weighted by Crippen LogP contribution is -2.31. The van der Waals surface area contributed by atoms with E-state index in [9.17, 15) is 17.6 Å². The van der Waals surface area contributed by atoms with Crippen LogP contribution in [0.15, 0.2) is 18.2 Å². The number of benzene rings is 2. The second-order valence-electron chi connectivity index (χ2n) is 10.4. The number of nitrogens with two attached hydrogens (primary N) is 1. The van der Waals surface area contributed by atoms with Crippen molar-refractivity contribution in [2.75, 3.05) is 46.1 Å². The van der Waals surface area contributed by atoms with Crippen LogP contribution in [0, 0.1) is 11.6 Å². The second-order valence-corrected chi connectivity index (χ2v) is 11.4. The van der Waals surface area contributed by atoms with Crippen LogP contribution in [0.2, 0.25) is 0 Å². The minimum Gasteiger partial charge on any atom is -0.472 e. The molecule has 0 amide bonds. The highest BCUT2D eigenvalue weighted by molar-refractivity contribution is 7.22. The minimum atomic E-state index is -5.00. The molecule has 0 unspecified atom stereocenters. The van der Waals surface area contributed by atoms with E-state index in [1.165, 1.54) is 0 Å². The van der Waals surface area contributed by atoms with E-state index < -0.39 is 40.6 Å². The fourth-order valence-electron chi connectivity index (χ4n) is 5.47. The Labute approximate surface area is 240 Å². The number of ether oxygens (including phenoxy) is 3. The Morgan fingerprint density at radius 1 is 1.14 bits per heavy atom. The molecule has 2 aliphatic heterocycles. The largest absolute Gasteiger partial charge is 0.472 e. The average molecular weight is 611 g/mol. The van der Waals surface area contributed by atoms with Crippen molar-refractivity contribution in [3.05, 3.63) is 35.4 Å². The molecule has 0 saturated carbocycles. The lowest BCUT2D eigenvalue weighted by atomic mass is 9.95. The van der Waals surface area contributed by atoms with E-state index in [2.05, 4.69) is 20.3 Å². The van der Waals surface area contributed by atoms with Crippen molar-refractivity contribution in [2.24, 2.45) is 0 Å².